The number of methoxy groups -OCH3 is 1. The third-order valence-electron chi connectivity index (χ3n) is 6.42. The molecule has 3 aliphatic rings. The summed E-state index contributed by atoms with van der Waals surface area (Å²) in [5, 5.41) is 3.26. The average Bonchev–Trinajstić information content (AvgIpc) is 2.58. The van der Waals surface area contributed by atoms with Crippen LogP contribution < -0.4 is 5.32 Å². The number of hydrogen-bond donors (Lipinski definition) is 1. The molecule has 132 valence electrons. The van der Waals surface area contributed by atoms with Crippen molar-refractivity contribution < 1.29 is 9.53 Å². The molecule has 0 radical (unpaired) electrons. The number of nitrogens with one attached hydrogen (secondary N) is 1. The molecule has 0 bridgehead atoms. The van der Waals surface area contributed by atoms with Crippen molar-refractivity contribution in [2.45, 2.75) is 70.3 Å². The molecular formula is C19H34N2O2. The van der Waals surface area contributed by atoms with Gasteiger partial charge in [0.05, 0.1) is 12.5 Å². The zero-order valence-corrected chi connectivity index (χ0v) is 14.8. The zero-order valence-electron chi connectivity index (χ0n) is 14.8. The van der Waals surface area contributed by atoms with Gasteiger partial charge in [-0.25, -0.2) is 0 Å². The Labute approximate surface area is 141 Å². The molecule has 0 unspecified atom stereocenters. The molecule has 0 aromatic heterocycles. The quantitative estimate of drug-likeness (QED) is 0.817. The van der Waals surface area contributed by atoms with Gasteiger partial charge in [-0.15, -0.1) is 0 Å². The Hall–Kier alpha value is -0.610. The number of nitrogens with zero attached hydrogens (tertiary/aromatic N) is 1. The molecule has 2 aliphatic carbocycles. The van der Waals surface area contributed by atoms with E-state index in [0.717, 1.165) is 32.2 Å². The van der Waals surface area contributed by atoms with E-state index in [-0.39, 0.29) is 17.2 Å². The van der Waals surface area contributed by atoms with Gasteiger partial charge in [0.1, 0.15) is 0 Å². The molecule has 1 saturated heterocycles. The van der Waals surface area contributed by atoms with Crippen LogP contribution in [0.4, 0.5) is 0 Å². The SMILES string of the molecule is COCC1(CNC(=O)[C@H]2CCCN(C3CCCCC3)C2)CCC1. The fourth-order valence-electron chi connectivity index (χ4n) is 4.77. The molecule has 0 spiro atoms. The Morgan fingerprint density at radius 1 is 1.13 bits per heavy atom. The second-order valence-corrected chi connectivity index (χ2v) is 8.13. The molecule has 1 atom stereocenters. The third kappa shape index (κ3) is 4.27. The molecule has 3 fully saturated rings. The topological polar surface area (TPSA) is 41.6 Å². The predicted octanol–water partition coefficient (Wildman–Crippen LogP) is 2.96. The largest absolute Gasteiger partial charge is 0.384 e. The number of carbonyl (C=O) groups is 1. The summed E-state index contributed by atoms with van der Waals surface area (Å²) in [5.41, 5.74) is 0.224. The van der Waals surface area contributed by atoms with E-state index in [9.17, 15) is 4.79 Å². The van der Waals surface area contributed by atoms with Gasteiger partial charge in [-0.05, 0) is 45.1 Å². The number of likely N-dealkylation sites (tertiary alicyclic amines) is 1. The molecule has 1 amide bonds. The minimum absolute atomic E-state index is 0.199. The molecule has 4 heteroatoms. The first-order chi connectivity index (χ1) is 11.2. The Morgan fingerprint density at radius 3 is 2.57 bits per heavy atom. The first kappa shape index (κ1) is 17.2. The van der Waals surface area contributed by atoms with E-state index >= 15 is 0 Å². The zero-order chi connectivity index (χ0) is 16.1. The number of piperidine rings is 1. The van der Waals surface area contributed by atoms with E-state index in [0.29, 0.717) is 0 Å². The third-order valence-corrected chi connectivity index (χ3v) is 6.42. The summed E-state index contributed by atoms with van der Waals surface area (Å²) in [6.45, 7) is 3.77. The highest BCUT2D eigenvalue weighted by Crippen LogP contribution is 2.40. The molecule has 3 rings (SSSR count). The van der Waals surface area contributed by atoms with Gasteiger partial charge >= 0.3 is 0 Å². The van der Waals surface area contributed by atoms with E-state index in [2.05, 4.69) is 10.2 Å². The first-order valence-electron chi connectivity index (χ1n) is 9.73. The van der Waals surface area contributed by atoms with Crippen LogP contribution in [0.5, 0.6) is 0 Å². The molecule has 23 heavy (non-hydrogen) atoms. The van der Waals surface area contributed by atoms with Crippen molar-refractivity contribution in [3.05, 3.63) is 0 Å². The lowest BCUT2D eigenvalue weighted by atomic mass is 9.69. The number of ether oxygens (including phenoxy) is 1. The van der Waals surface area contributed by atoms with Crippen LogP contribution in [0.15, 0.2) is 0 Å². The summed E-state index contributed by atoms with van der Waals surface area (Å²) in [6.07, 6.45) is 12.7. The molecule has 2 saturated carbocycles. The lowest BCUT2D eigenvalue weighted by molar-refractivity contribution is -0.128. The molecule has 0 aromatic rings. The first-order valence-corrected chi connectivity index (χ1v) is 9.73. The Morgan fingerprint density at radius 2 is 1.91 bits per heavy atom. The predicted molar refractivity (Wildman–Crippen MR) is 92.3 cm³/mol. The summed E-state index contributed by atoms with van der Waals surface area (Å²) >= 11 is 0. The van der Waals surface area contributed by atoms with E-state index in [1.54, 1.807) is 7.11 Å². The average molecular weight is 322 g/mol. The Kier molecular flexibility index (Phi) is 5.97. The van der Waals surface area contributed by atoms with Crippen LogP contribution in [0, 0.1) is 11.3 Å². The van der Waals surface area contributed by atoms with Crippen LogP contribution in [0.1, 0.15) is 64.2 Å². The van der Waals surface area contributed by atoms with E-state index in [1.807, 2.05) is 0 Å². The monoisotopic (exact) mass is 322 g/mol. The Bertz CT molecular complexity index is 389. The smallest absolute Gasteiger partial charge is 0.224 e. The van der Waals surface area contributed by atoms with Crippen LogP contribution in [0.25, 0.3) is 0 Å². The standard InChI is InChI=1S/C19H34N2O2/c1-23-15-19(10-6-11-19)14-20-18(22)16-7-5-12-21(13-16)17-8-3-2-4-9-17/h16-17H,2-15H2,1H3,(H,20,22)/t16-/m0/s1. The van der Waals surface area contributed by atoms with E-state index < -0.39 is 0 Å². The number of carbonyl (C=O) groups excluding carboxylic acids is 1. The maximum Gasteiger partial charge on any atom is 0.224 e. The van der Waals surface area contributed by atoms with Gasteiger partial charge < -0.3 is 10.1 Å². The maximum absolute atomic E-state index is 12.6. The molecule has 0 aromatic carbocycles. The van der Waals surface area contributed by atoms with Crippen molar-refractivity contribution >= 4 is 5.91 Å². The summed E-state index contributed by atoms with van der Waals surface area (Å²) in [4.78, 5) is 15.3. The summed E-state index contributed by atoms with van der Waals surface area (Å²) in [5.74, 6) is 0.484. The summed E-state index contributed by atoms with van der Waals surface area (Å²) < 4.78 is 5.36. The molecule has 1 heterocycles. The van der Waals surface area contributed by atoms with Crippen molar-refractivity contribution in [2.75, 3.05) is 33.4 Å². The van der Waals surface area contributed by atoms with Crippen LogP contribution >= 0.6 is 0 Å². The normalized spacial score (nSPS) is 29.0. The Balaban J connectivity index is 1.46. The van der Waals surface area contributed by atoms with Crippen molar-refractivity contribution in [2.24, 2.45) is 11.3 Å². The molecule has 4 nitrogen and oxygen atoms in total. The van der Waals surface area contributed by atoms with Crippen LogP contribution in [0.2, 0.25) is 0 Å². The second-order valence-electron chi connectivity index (χ2n) is 8.13. The fraction of sp³-hybridized carbons (Fsp3) is 0.947. The van der Waals surface area contributed by atoms with Crippen molar-refractivity contribution in [3.63, 3.8) is 0 Å². The van der Waals surface area contributed by atoms with E-state index in [4.69, 9.17) is 4.74 Å². The lowest BCUT2D eigenvalue weighted by Gasteiger charge is -2.42. The maximum atomic E-state index is 12.6. The van der Waals surface area contributed by atoms with Gasteiger partial charge in [0, 0.05) is 31.7 Å². The highest BCUT2D eigenvalue weighted by atomic mass is 16.5. The number of rotatable bonds is 6. The fourth-order valence-corrected chi connectivity index (χ4v) is 4.77. The van der Waals surface area contributed by atoms with Gasteiger partial charge in [0.15, 0.2) is 0 Å². The van der Waals surface area contributed by atoms with Crippen LogP contribution in [-0.2, 0) is 9.53 Å². The van der Waals surface area contributed by atoms with Gasteiger partial charge in [-0.3, -0.25) is 9.69 Å². The van der Waals surface area contributed by atoms with Crippen molar-refractivity contribution in [1.82, 2.24) is 10.2 Å². The van der Waals surface area contributed by atoms with Gasteiger partial charge in [0.2, 0.25) is 5.91 Å². The highest BCUT2D eigenvalue weighted by Gasteiger charge is 2.38. The van der Waals surface area contributed by atoms with Crippen molar-refractivity contribution in [1.29, 1.82) is 0 Å². The number of hydrogen-bond acceptors (Lipinski definition) is 3. The molecule has 1 N–H and O–H groups in total. The van der Waals surface area contributed by atoms with E-state index in [1.165, 1.54) is 64.3 Å². The second kappa shape index (κ2) is 7.98. The summed E-state index contributed by atoms with van der Waals surface area (Å²) in [7, 11) is 1.77. The van der Waals surface area contributed by atoms with Crippen LogP contribution in [0.3, 0.4) is 0 Å². The van der Waals surface area contributed by atoms with Gasteiger partial charge in [-0.1, -0.05) is 25.7 Å². The van der Waals surface area contributed by atoms with Gasteiger partial charge in [-0.2, -0.15) is 0 Å². The minimum atomic E-state index is 0.199. The minimum Gasteiger partial charge on any atom is -0.384 e. The van der Waals surface area contributed by atoms with Gasteiger partial charge in [0.25, 0.3) is 0 Å². The summed E-state index contributed by atoms with van der Waals surface area (Å²) in [6, 6.07) is 0.741. The highest BCUT2D eigenvalue weighted by molar-refractivity contribution is 5.79. The molecule has 1 aliphatic heterocycles. The molecular weight excluding hydrogens is 288 g/mol. The van der Waals surface area contributed by atoms with Crippen molar-refractivity contribution in [3.8, 4) is 0 Å². The number of amides is 1. The van der Waals surface area contributed by atoms with Crippen LogP contribution in [-0.4, -0.2) is 50.2 Å². The lowest BCUT2D eigenvalue weighted by Crippen LogP contribution is -2.50.